The largest absolute Gasteiger partial charge is 0.389 e. The van der Waals surface area contributed by atoms with Crippen LogP contribution in [0.4, 0.5) is 0 Å². The van der Waals surface area contributed by atoms with Gasteiger partial charge in [0.1, 0.15) is 6.61 Å². The van der Waals surface area contributed by atoms with Crippen LogP contribution in [-0.4, -0.2) is 67.9 Å². The molecule has 8 heteroatoms. The van der Waals surface area contributed by atoms with Crippen LogP contribution in [0.1, 0.15) is 21.0 Å². The number of rotatable bonds is 6. The lowest BCUT2D eigenvalue weighted by molar-refractivity contribution is -0.138. The second-order valence-corrected chi connectivity index (χ2v) is 6.58. The average molecular weight is 342 g/mol. The molecule has 1 fully saturated rings. The summed E-state index contributed by atoms with van der Waals surface area (Å²) in [6.45, 7) is 1.16. The van der Waals surface area contributed by atoms with Crippen LogP contribution in [0.2, 0.25) is 0 Å². The van der Waals surface area contributed by atoms with Gasteiger partial charge >= 0.3 is 0 Å². The highest BCUT2D eigenvalue weighted by Crippen LogP contribution is 2.18. The number of amides is 2. The van der Waals surface area contributed by atoms with Gasteiger partial charge in [0.15, 0.2) is 0 Å². The Labute approximate surface area is 139 Å². The molecule has 2 amide bonds. The Kier molecular flexibility index (Phi) is 6.52. The first kappa shape index (κ1) is 17.9. The van der Waals surface area contributed by atoms with Crippen molar-refractivity contribution in [1.29, 1.82) is 0 Å². The quantitative estimate of drug-likeness (QED) is 0.773. The van der Waals surface area contributed by atoms with E-state index >= 15 is 0 Å². The molecule has 1 aromatic heterocycles. The highest BCUT2D eigenvalue weighted by atomic mass is 32.1. The summed E-state index contributed by atoms with van der Waals surface area (Å²) in [7, 11) is 3.06. The predicted octanol–water partition coefficient (Wildman–Crippen LogP) is 0.232. The minimum Gasteiger partial charge on any atom is -0.389 e. The normalized spacial score (nSPS) is 21.3. The molecule has 2 heterocycles. The van der Waals surface area contributed by atoms with Crippen molar-refractivity contribution in [2.75, 3.05) is 33.9 Å². The number of aliphatic hydroxyl groups is 1. The molecular formula is C15H22N2O5S. The van der Waals surface area contributed by atoms with Crippen molar-refractivity contribution >= 4 is 23.2 Å². The van der Waals surface area contributed by atoms with Crippen LogP contribution in [0, 0.1) is 0 Å². The topological polar surface area (TPSA) is 88.1 Å². The molecule has 0 bridgehead atoms. The third-order valence-electron chi connectivity index (χ3n) is 3.69. The summed E-state index contributed by atoms with van der Waals surface area (Å²) in [4.78, 5) is 27.1. The van der Waals surface area contributed by atoms with Gasteiger partial charge in [0, 0.05) is 32.2 Å². The molecule has 1 aliphatic heterocycles. The number of piperidine rings is 1. The number of nitrogens with one attached hydrogen (secondary N) is 1. The molecule has 1 saturated heterocycles. The Morgan fingerprint density at radius 1 is 1.39 bits per heavy atom. The fourth-order valence-corrected chi connectivity index (χ4v) is 3.38. The summed E-state index contributed by atoms with van der Waals surface area (Å²) >= 11 is 1.37. The number of ether oxygens (including phenoxy) is 2. The van der Waals surface area contributed by atoms with Gasteiger partial charge in [-0.2, -0.15) is 0 Å². The molecule has 1 aliphatic rings. The molecule has 2 atom stereocenters. The second kappa shape index (κ2) is 8.39. The Balaban J connectivity index is 1.88. The van der Waals surface area contributed by atoms with Gasteiger partial charge in [0.2, 0.25) is 5.91 Å². The zero-order valence-corrected chi connectivity index (χ0v) is 14.1. The maximum atomic E-state index is 12.2. The number of carbonyl (C=O) groups is 2. The van der Waals surface area contributed by atoms with Gasteiger partial charge in [-0.25, -0.2) is 0 Å². The highest BCUT2D eigenvalue weighted by Gasteiger charge is 2.31. The molecule has 2 rings (SSSR count). The van der Waals surface area contributed by atoms with Gasteiger partial charge in [-0.05, 0) is 18.6 Å². The van der Waals surface area contributed by atoms with Gasteiger partial charge in [0.25, 0.3) is 5.91 Å². The number of carbonyl (C=O) groups excluding carboxylic acids is 2. The van der Waals surface area contributed by atoms with Crippen molar-refractivity contribution in [3.05, 3.63) is 21.9 Å². The zero-order chi connectivity index (χ0) is 16.8. The predicted molar refractivity (Wildman–Crippen MR) is 85.4 cm³/mol. The SMILES string of the molecule is COCC(=O)N1CC[C@@H](NC(=O)c2ccc(COC)s2)[C@H](O)C1. The summed E-state index contributed by atoms with van der Waals surface area (Å²) in [5, 5.41) is 13.0. The van der Waals surface area contributed by atoms with Crippen LogP contribution in [0.3, 0.4) is 0 Å². The van der Waals surface area contributed by atoms with E-state index in [2.05, 4.69) is 5.32 Å². The number of methoxy groups -OCH3 is 2. The molecule has 0 unspecified atom stereocenters. The number of hydrogen-bond acceptors (Lipinski definition) is 6. The molecule has 0 aliphatic carbocycles. The van der Waals surface area contributed by atoms with E-state index in [1.165, 1.54) is 18.4 Å². The summed E-state index contributed by atoms with van der Waals surface area (Å²) in [6, 6.07) is 3.24. The number of β-amino-alcohol motifs (C(OH)–C–C–N with tert-alkyl or cyclic N) is 1. The first-order valence-electron chi connectivity index (χ1n) is 7.38. The molecule has 0 aromatic carbocycles. The van der Waals surface area contributed by atoms with Crippen LogP contribution < -0.4 is 5.32 Å². The molecule has 23 heavy (non-hydrogen) atoms. The smallest absolute Gasteiger partial charge is 0.261 e. The maximum Gasteiger partial charge on any atom is 0.261 e. The van der Waals surface area contributed by atoms with E-state index in [1.807, 2.05) is 6.07 Å². The lowest BCUT2D eigenvalue weighted by atomic mass is 10.0. The molecule has 0 spiro atoms. The van der Waals surface area contributed by atoms with Crippen LogP contribution in [0.5, 0.6) is 0 Å². The molecular weight excluding hydrogens is 320 g/mol. The van der Waals surface area contributed by atoms with Gasteiger partial charge < -0.3 is 24.8 Å². The monoisotopic (exact) mass is 342 g/mol. The van der Waals surface area contributed by atoms with E-state index in [4.69, 9.17) is 9.47 Å². The number of nitrogens with zero attached hydrogens (tertiary/aromatic N) is 1. The minimum absolute atomic E-state index is 0.00121. The van der Waals surface area contributed by atoms with E-state index in [-0.39, 0.29) is 31.0 Å². The molecule has 2 N–H and O–H groups in total. The lowest BCUT2D eigenvalue weighted by Crippen LogP contribution is -2.55. The fourth-order valence-electron chi connectivity index (χ4n) is 2.50. The van der Waals surface area contributed by atoms with Gasteiger partial charge in [-0.3, -0.25) is 9.59 Å². The van der Waals surface area contributed by atoms with Crippen molar-refractivity contribution in [1.82, 2.24) is 10.2 Å². The Hall–Kier alpha value is -1.48. The zero-order valence-electron chi connectivity index (χ0n) is 13.3. The van der Waals surface area contributed by atoms with Crippen LogP contribution in [0.25, 0.3) is 0 Å². The third kappa shape index (κ3) is 4.74. The number of aliphatic hydroxyl groups excluding tert-OH is 1. The summed E-state index contributed by atoms with van der Waals surface area (Å²) in [5.74, 6) is -0.364. The Morgan fingerprint density at radius 2 is 2.17 bits per heavy atom. The van der Waals surface area contributed by atoms with Gasteiger partial charge in [-0.1, -0.05) is 0 Å². The van der Waals surface area contributed by atoms with Crippen molar-refractivity contribution in [3.63, 3.8) is 0 Å². The average Bonchev–Trinajstić information content (AvgIpc) is 2.98. The fraction of sp³-hybridized carbons (Fsp3) is 0.600. The van der Waals surface area contributed by atoms with Crippen molar-refractivity contribution < 1.29 is 24.2 Å². The van der Waals surface area contributed by atoms with Crippen LogP contribution in [-0.2, 0) is 20.9 Å². The highest BCUT2D eigenvalue weighted by molar-refractivity contribution is 7.14. The molecule has 128 valence electrons. The molecule has 0 radical (unpaired) electrons. The van der Waals surface area contributed by atoms with Gasteiger partial charge in [-0.15, -0.1) is 11.3 Å². The van der Waals surface area contributed by atoms with Gasteiger partial charge in [0.05, 0.1) is 23.6 Å². The third-order valence-corrected chi connectivity index (χ3v) is 4.75. The Bertz CT molecular complexity index is 548. The van der Waals surface area contributed by atoms with Crippen molar-refractivity contribution in [2.24, 2.45) is 0 Å². The molecule has 1 aromatic rings. The summed E-state index contributed by atoms with van der Waals surface area (Å²) in [6.07, 6.45) is -0.273. The van der Waals surface area contributed by atoms with Crippen molar-refractivity contribution in [3.8, 4) is 0 Å². The first-order valence-corrected chi connectivity index (χ1v) is 8.20. The second-order valence-electron chi connectivity index (χ2n) is 5.41. The Morgan fingerprint density at radius 3 is 2.83 bits per heavy atom. The van der Waals surface area contributed by atoms with Crippen LogP contribution in [0.15, 0.2) is 12.1 Å². The van der Waals surface area contributed by atoms with E-state index in [1.54, 1.807) is 18.1 Å². The molecule has 0 saturated carbocycles. The summed E-state index contributed by atoms with van der Waals surface area (Å²) in [5.41, 5.74) is 0. The molecule has 7 nitrogen and oxygen atoms in total. The van der Waals surface area contributed by atoms with Crippen LogP contribution >= 0.6 is 11.3 Å². The van der Waals surface area contributed by atoms with E-state index in [0.29, 0.717) is 24.4 Å². The first-order chi connectivity index (χ1) is 11.0. The minimum atomic E-state index is -0.785. The maximum absolute atomic E-state index is 12.2. The van der Waals surface area contributed by atoms with E-state index in [9.17, 15) is 14.7 Å². The number of likely N-dealkylation sites (tertiary alicyclic amines) is 1. The lowest BCUT2D eigenvalue weighted by Gasteiger charge is -2.36. The van der Waals surface area contributed by atoms with E-state index in [0.717, 1.165) is 4.88 Å². The number of thiophene rings is 1. The summed E-state index contributed by atoms with van der Waals surface area (Å²) < 4.78 is 9.85. The standard InChI is InChI=1S/C15H22N2O5S/c1-21-8-10-3-4-13(23-10)15(20)16-11-5-6-17(7-12(11)18)14(19)9-22-2/h3-4,11-12,18H,5-9H2,1-2H3,(H,16,20)/t11-,12-/m1/s1. The number of hydrogen-bond donors (Lipinski definition) is 2. The van der Waals surface area contributed by atoms with Crippen molar-refractivity contribution in [2.45, 2.75) is 25.2 Å². The van der Waals surface area contributed by atoms with E-state index < -0.39 is 6.10 Å².